The Morgan fingerprint density at radius 2 is 1.72 bits per heavy atom. The van der Waals surface area contributed by atoms with Crippen molar-refractivity contribution < 1.29 is 9.59 Å². The molecule has 1 saturated heterocycles. The highest BCUT2D eigenvalue weighted by atomic mass is 16.2. The summed E-state index contributed by atoms with van der Waals surface area (Å²) in [7, 11) is 0. The molecule has 39 heavy (non-hydrogen) atoms. The van der Waals surface area contributed by atoms with E-state index in [2.05, 4.69) is 45.9 Å². The molecule has 2 aliphatic rings. The third kappa shape index (κ3) is 6.51. The lowest BCUT2D eigenvalue weighted by Gasteiger charge is -2.42. The van der Waals surface area contributed by atoms with E-state index < -0.39 is 0 Å². The molecule has 6 heteroatoms. The molecule has 2 atom stereocenters. The number of hydrogen-bond donors (Lipinski definition) is 3. The number of carbonyl (C=O) groups excluding carboxylic acids is 2. The molecule has 2 amide bonds. The predicted molar refractivity (Wildman–Crippen MR) is 158 cm³/mol. The normalized spacial score (nSPS) is 21.5. The summed E-state index contributed by atoms with van der Waals surface area (Å²) in [6.45, 7) is 2.49. The van der Waals surface area contributed by atoms with Crippen molar-refractivity contribution >= 4 is 22.6 Å². The van der Waals surface area contributed by atoms with Crippen LogP contribution >= 0.6 is 0 Å². The zero-order valence-corrected chi connectivity index (χ0v) is 22.9. The molecule has 4 N–H and O–H groups in total. The smallest absolute Gasteiger partial charge is 0.251 e. The highest BCUT2D eigenvalue weighted by Gasteiger charge is 2.39. The zero-order chi connectivity index (χ0) is 27.1. The number of nitrogens with zero attached hydrogens (tertiary/aromatic N) is 1. The van der Waals surface area contributed by atoms with Crippen LogP contribution in [0.5, 0.6) is 0 Å². The molecular formula is C33H42N4O2. The molecule has 206 valence electrons. The van der Waals surface area contributed by atoms with E-state index in [0.717, 1.165) is 43.0 Å². The maximum atomic E-state index is 13.9. The number of nitrogens with two attached hydrogens (primary N) is 1. The zero-order valence-electron chi connectivity index (χ0n) is 22.9. The van der Waals surface area contributed by atoms with Crippen molar-refractivity contribution in [2.24, 2.45) is 5.73 Å². The first-order valence-electron chi connectivity index (χ1n) is 14.7. The van der Waals surface area contributed by atoms with E-state index in [4.69, 9.17) is 5.73 Å². The van der Waals surface area contributed by atoms with Gasteiger partial charge in [-0.05, 0) is 67.1 Å². The molecule has 1 aliphatic carbocycles. The standard InChI is InChI=1S/C33H42N4O2/c34-20-9-14-30-32(39)37(24-33(18-7-2-8-19-33)28-12-3-1-4-13-28)21-17-29(36-30)23-35-31(38)27-16-15-25-10-5-6-11-26(25)22-27/h1,3-6,10-13,15-16,22,29-30,36H,2,7-9,14,17-21,23-24,34H2,(H,35,38)/t29-,30-/m0/s1. The van der Waals surface area contributed by atoms with Crippen LogP contribution in [-0.2, 0) is 10.2 Å². The average molecular weight is 527 g/mol. The van der Waals surface area contributed by atoms with E-state index in [1.807, 2.05) is 42.5 Å². The molecule has 5 rings (SSSR count). The molecule has 0 aromatic heterocycles. The second-order valence-corrected chi connectivity index (χ2v) is 11.4. The van der Waals surface area contributed by atoms with E-state index in [1.165, 1.54) is 24.8 Å². The van der Waals surface area contributed by atoms with Gasteiger partial charge in [0, 0.05) is 36.7 Å². The summed E-state index contributed by atoms with van der Waals surface area (Å²) in [5, 5.41) is 8.89. The van der Waals surface area contributed by atoms with Gasteiger partial charge in [0.05, 0.1) is 6.04 Å². The molecule has 6 nitrogen and oxygen atoms in total. The van der Waals surface area contributed by atoms with Gasteiger partial charge in [0.15, 0.2) is 0 Å². The highest BCUT2D eigenvalue weighted by Crippen LogP contribution is 2.40. The third-order valence-corrected chi connectivity index (χ3v) is 8.70. The van der Waals surface area contributed by atoms with Gasteiger partial charge in [0.2, 0.25) is 5.91 Å². The van der Waals surface area contributed by atoms with Gasteiger partial charge < -0.3 is 21.3 Å². The van der Waals surface area contributed by atoms with Crippen LogP contribution in [0.2, 0.25) is 0 Å². The van der Waals surface area contributed by atoms with Crippen LogP contribution in [0, 0.1) is 0 Å². The van der Waals surface area contributed by atoms with Crippen LogP contribution < -0.4 is 16.4 Å². The molecule has 3 aromatic carbocycles. The van der Waals surface area contributed by atoms with Crippen molar-refractivity contribution in [2.45, 2.75) is 68.9 Å². The van der Waals surface area contributed by atoms with E-state index in [1.54, 1.807) is 0 Å². The fourth-order valence-electron chi connectivity index (χ4n) is 6.50. The molecule has 0 unspecified atom stereocenters. The minimum Gasteiger partial charge on any atom is -0.350 e. The van der Waals surface area contributed by atoms with Crippen molar-refractivity contribution in [3.05, 3.63) is 83.9 Å². The average Bonchev–Trinajstić information content (AvgIpc) is 3.13. The summed E-state index contributed by atoms with van der Waals surface area (Å²) >= 11 is 0. The van der Waals surface area contributed by atoms with Crippen molar-refractivity contribution in [3.63, 3.8) is 0 Å². The lowest BCUT2D eigenvalue weighted by Crippen LogP contribution is -2.51. The van der Waals surface area contributed by atoms with Crippen LogP contribution in [0.3, 0.4) is 0 Å². The van der Waals surface area contributed by atoms with Crippen molar-refractivity contribution in [2.75, 3.05) is 26.2 Å². The van der Waals surface area contributed by atoms with E-state index in [0.29, 0.717) is 31.6 Å². The molecule has 0 radical (unpaired) electrons. The van der Waals surface area contributed by atoms with Gasteiger partial charge in [0.25, 0.3) is 5.91 Å². The summed E-state index contributed by atoms with van der Waals surface area (Å²) in [6.07, 6.45) is 8.21. The largest absolute Gasteiger partial charge is 0.350 e. The van der Waals surface area contributed by atoms with Crippen LogP contribution in [-0.4, -0.2) is 55.0 Å². The Morgan fingerprint density at radius 1 is 0.974 bits per heavy atom. The Labute approximate surface area is 232 Å². The molecule has 1 heterocycles. The van der Waals surface area contributed by atoms with E-state index in [-0.39, 0.29) is 29.3 Å². The molecule has 1 aliphatic heterocycles. The summed E-state index contributed by atoms with van der Waals surface area (Å²) in [5.41, 5.74) is 7.86. The van der Waals surface area contributed by atoms with E-state index in [9.17, 15) is 9.59 Å². The van der Waals surface area contributed by atoms with E-state index >= 15 is 0 Å². The highest BCUT2D eigenvalue weighted by molar-refractivity contribution is 5.98. The minimum absolute atomic E-state index is 0.0116. The van der Waals surface area contributed by atoms with Crippen LogP contribution in [0.4, 0.5) is 0 Å². The fraction of sp³-hybridized carbons (Fsp3) is 0.455. The van der Waals surface area contributed by atoms with Gasteiger partial charge >= 0.3 is 0 Å². The SMILES string of the molecule is NCCC[C@@H]1N[C@H](CNC(=O)c2ccc3ccccc3c2)CCN(CC2(c3ccccc3)CCCCC2)C1=O. The predicted octanol–water partition coefficient (Wildman–Crippen LogP) is 4.77. The molecule has 1 saturated carbocycles. The van der Waals surface area contributed by atoms with Crippen LogP contribution in [0.15, 0.2) is 72.8 Å². The molecule has 0 bridgehead atoms. The first-order valence-corrected chi connectivity index (χ1v) is 14.7. The lowest BCUT2D eigenvalue weighted by molar-refractivity contribution is -0.134. The maximum absolute atomic E-state index is 13.9. The van der Waals surface area contributed by atoms with Gasteiger partial charge in [0.1, 0.15) is 0 Å². The van der Waals surface area contributed by atoms with Gasteiger partial charge in [-0.2, -0.15) is 0 Å². The number of amides is 2. The van der Waals surface area contributed by atoms with Crippen molar-refractivity contribution in [1.29, 1.82) is 0 Å². The Hall–Kier alpha value is -3.22. The number of fused-ring (bicyclic) bond motifs is 1. The Bertz CT molecular complexity index is 1250. The number of hydrogen-bond acceptors (Lipinski definition) is 4. The number of nitrogens with one attached hydrogen (secondary N) is 2. The Kier molecular flexibility index (Phi) is 8.95. The molecule has 2 fully saturated rings. The monoisotopic (exact) mass is 526 g/mol. The van der Waals surface area contributed by atoms with Crippen LogP contribution in [0.25, 0.3) is 10.8 Å². The van der Waals surface area contributed by atoms with Gasteiger partial charge in [-0.25, -0.2) is 0 Å². The minimum atomic E-state index is -0.282. The Balaban J connectivity index is 1.29. The second-order valence-electron chi connectivity index (χ2n) is 11.4. The number of benzene rings is 3. The first kappa shape index (κ1) is 27.4. The fourth-order valence-corrected chi connectivity index (χ4v) is 6.50. The molecule has 3 aromatic rings. The van der Waals surface area contributed by atoms with Crippen molar-refractivity contribution in [3.8, 4) is 0 Å². The number of rotatable bonds is 9. The first-order chi connectivity index (χ1) is 19.1. The topological polar surface area (TPSA) is 87.5 Å². The summed E-state index contributed by atoms with van der Waals surface area (Å²) < 4.78 is 0. The van der Waals surface area contributed by atoms with Gasteiger partial charge in [-0.3, -0.25) is 9.59 Å². The quantitative estimate of drug-likeness (QED) is 0.375. The summed E-state index contributed by atoms with van der Waals surface area (Å²) in [4.78, 5) is 29.0. The maximum Gasteiger partial charge on any atom is 0.251 e. The summed E-state index contributed by atoms with van der Waals surface area (Å²) in [6, 6.07) is 24.4. The van der Waals surface area contributed by atoms with Gasteiger partial charge in [-0.15, -0.1) is 0 Å². The lowest BCUT2D eigenvalue weighted by atomic mass is 9.69. The second kappa shape index (κ2) is 12.8. The van der Waals surface area contributed by atoms with Gasteiger partial charge in [-0.1, -0.05) is 79.9 Å². The van der Waals surface area contributed by atoms with Crippen LogP contribution in [0.1, 0.15) is 67.3 Å². The Morgan fingerprint density at radius 3 is 2.49 bits per heavy atom. The van der Waals surface area contributed by atoms with Crippen molar-refractivity contribution in [1.82, 2.24) is 15.5 Å². The molecule has 0 spiro atoms. The molecular weight excluding hydrogens is 484 g/mol. The third-order valence-electron chi connectivity index (χ3n) is 8.70. The number of carbonyl (C=O) groups is 2. The summed E-state index contributed by atoms with van der Waals surface area (Å²) in [5.74, 6) is 0.0893.